The molecule has 0 bridgehead atoms. The van der Waals surface area contributed by atoms with Gasteiger partial charge >= 0.3 is 0 Å². The molecule has 4 nitrogen and oxygen atoms in total. The molecule has 160 valence electrons. The van der Waals surface area contributed by atoms with E-state index in [2.05, 4.69) is 41.8 Å². The molecule has 0 atom stereocenters. The summed E-state index contributed by atoms with van der Waals surface area (Å²) in [5, 5.41) is 2.38. The van der Waals surface area contributed by atoms with Gasteiger partial charge in [-0.15, -0.1) is 24.8 Å². The van der Waals surface area contributed by atoms with Crippen molar-refractivity contribution in [1.29, 1.82) is 0 Å². The molecule has 0 aliphatic carbocycles. The highest BCUT2D eigenvalue weighted by Gasteiger charge is 2.12. The van der Waals surface area contributed by atoms with Crippen LogP contribution in [0.4, 0.5) is 11.4 Å². The number of anilines is 2. The summed E-state index contributed by atoms with van der Waals surface area (Å²) in [5.41, 5.74) is 17.1. The van der Waals surface area contributed by atoms with Gasteiger partial charge in [-0.25, -0.2) is 0 Å². The van der Waals surface area contributed by atoms with Gasteiger partial charge in [0.05, 0.1) is 17.6 Å². The third-order valence-electron chi connectivity index (χ3n) is 5.17. The molecule has 4 aromatic rings. The molecule has 0 unspecified atom stereocenters. The number of rotatable bonds is 7. The quantitative estimate of drug-likeness (QED) is 0.254. The van der Waals surface area contributed by atoms with Crippen LogP contribution < -0.4 is 16.2 Å². The van der Waals surface area contributed by atoms with E-state index in [1.165, 1.54) is 29.2 Å². The summed E-state index contributed by atoms with van der Waals surface area (Å²) in [7, 11) is 0. The lowest BCUT2D eigenvalue weighted by Gasteiger charge is -2.11. The lowest BCUT2D eigenvalue weighted by atomic mass is 10.1. The van der Waals surface area contributed by atoms with Crippen molar-refractivity contribution in [2.75, 3.05) is 18.1 Å². The van der Waals surface area contributed by atoms with Crippen molar-refractivity contribution in [2.45, 2.75) is 32.7 Å². The number of hydrogen-bond donors (Lipinski definition) is 2. The standard InChI is InChI=1S/C24H27N3O.2ClH/c1-2-3-4-12-28-20-7-5-6-17(13-20)16-27-23-14-18(25)8-10-21(23)22-11-9-19(26)15-24(22)27;;/h5-11,13-15H,2-4,12,16,25-26H2,1H3;2*1H. The molecule has 0 spiro atoms. The molecule has 0 amide bonds. The molecule has 30 heavy (non-hydrogen) atoms. The fraction of sp³-hybridized carbons (Fsp3) is 0.250. The SMILES string of the molecule is CCCCCOc1cccc(Cn2c3cc(N)ccc3c3ccc(N)cc32)c1.Cl.Cl. The Kier molecular flexibility index (Phi) is 8.27. The average molecular weight is 446 g/mol. The van der Waals surface area contributed by atoms with Crippen molar-refractivity contribution in [1.82, 2.24) is 4.57 Å². The van der Waals surface area contributed by atoms with Crippen molar-refractivity contribution >= 4 is 58.0 Å². The predicted octanol–water partition coefficient (Wildman–Crippen LogP) is 6.42. The molecular formula is C24H29Cl2N3O. The first-order valence-electron chi connectivity index (χ1n) is 9.94. The number of nitrogens with two attached hydrogens (primary N) is 2. The number of hydrogen-bond acceptors (Lipinski definition) is 3. The summed E-state index contributed by atoms with van der Waals surface area (Å²) < 4.78 is 8.22. The molecule has 0 radical (unpaired) electrons. The zero-order chi connectivity index (χ0) is 19.5. The van der Waals surface area contributed by atoms with Crippen molar-refractivity contribution in [3.05, 3.63) is 66.2 Å². The lowest BCUT2D eigenvalue weighted by Crippen LogP contribution is -2.02. The Balaban J connectivity index is 0.00000160. The van der Waals surface area contributed by atoms with E-state index in [1.807, 2.05) is 30.3 Å². The van der Waals surface area contributed by atoms with Crippen LogP contribution in [0.1, 0.15) is 31.7 Å². The normalized spacial score (nSPS) is 10.6. The van der Waals surface area contributed by atoms with Crippen LogP contribution in [0.15, 0.2) is 60.7 Å². The first-order valence-corrected chi connectivity index (χ1v) is 9.94. The number of halogens is 2. The fourth-order valence-corrected chi connectivity index (χ4v) is 3.76. The Morgan fingerprint density at radius 3 is 2.03 bits per heavy atom. The second-order valence-corrected chi connectivity index (χ2v) is 7.34. The van der Waals surface area contributed by atoms with E-state index in [4.69, 9.17) is 16.2 Å². The summed E-state index contributed by atoms with van der Waals surface area (Å²) in [6.07, 6.45) is 3.49. The van der Waals surface area contributed by atoms with Crippen LogP contribution in [0.2, 0.25) is 0 Å². The van der Waals surface area contributed by atoms with E-state index in [0.29, 0.717) is 0 Å². The summed E-state index contributed by atoms with van der Waals surface area (Å²) >= 11 is 0. The maximum absolute atomic E-state index is 6.08. The highest BCUT2D eigenvalue weighted by atomic mass is 35.5. The molecule has 1 heterocycles. The second kappa shape index (κ2) is 10.5. The predicted molar refractivity (Wildman–Crippen MR) is 133 cm³/mol. The summed E-state index contributed by atoms with van der Waals surface area (Å²) in [6.45, 7) is 3.70. The van der Waals surface area contributed by atoms with Crippen LogP contribution in [-0.4, -0.2) is 11.2 Å². The maximum atomic E-state index is 6.08. The minimum atomic E-state index is 0. The molecule has 0 fully saturated rings. The number of benzene rings is 3. The van der Waals surface area contributed by atoms with E-state index < -0.39 is 0 Å². The van der Waals surface area contributed by atoms with E-state index in [1.54, 1.807) is 0 Å². The van der Waals surface area contributed by atoms with Crippen LogP contribution in [-0.2, 0) is 6.54 Å². The smallest absolute Gasteiger partial charge is 0.119 e. The van der Waals surface area contributed by atoms with Crippen LogP contribution >= 0.6 is 24.8 Å². The van der Waals surface area contributed by atoms with Crippen LogP contribution in [0.3, 0.4) is 0 Å². The Morgan fingerprint density at radius 2 is 1.43 bits per heavy atom. The van der Waals surface area contributed by atoms with E-state index >= 15 is 0 Å². The molecule has 0 aliphatic heterocycles. The molecule has 3 aromatic carbocycles. The van der Waals surface area contributed by atoms with Crippen molar-refractivity contribution in [3.63, 3.8) is 0 Å². The summed E-state index contributed by atoms with van der Waals surface area (Å²) in [5.74, 6) is 0.924. The van der Waals surface area contributed by atoms with Gasteiger partial charge in [0, 0.05) is 28.7 Å². The number of ether oxygens (including phenoxy) is 1. The molecule has 0 aliphatic rings. The van der Waals surface area contributed by atoms with Crippen molar-refractivity contribution < 1.29 is 4.74 Å². The minimum Gasteiger partial charge on any atom is -0.494 e. The van der Waals surface area contributed by atoms with Gasteiger partial charge in [0.2, 0.25) is 0 Å². The topological polar surface area (TPSA) is 66.2 Å². The number of nitrogen functional groups attached to an aromatic ring is 2. The van der Waals surface area contributed by atoms with Gasteiger partial charge in [-0.05, 0) is 48.4 Å². The van der Waals surface area contributed by atoms with Gasteiger partial charge in [0.25, 0.3) is 0 Å². The van der Waals surface area contributed by atoms with Gasteiger partial charge in [-0.2, -0.15) is 0 Å². The molecule has 1 aromatic heterocycles. The first-order chi connectivity index (χ1) is 13.7. The summed E-state index contributed by atoms with van der Waals surface area (Å²) in [4.78, 5) is 0. The van der Waals surface area contributed by atoms with Crippen LogP contribution in [0.5, 0.6) is 5.75 Å². The van der Waals surface area contributed by atoms with Crippen molar-refractivity contribution in [2.24, 2.45) is 0 Å². The second-order valence-electron chi connectivity index (χ2n) is 7.34. The number of unbranched alkanes of at least 4 members (excludes halogenated alkanes) is 2. The largest absolute Gasteiger partial charge is 0.494 e. The molecule has 0 saturated heterocycles. The monoisotopic (exact) mass is 445 g/mol. The minimum absolute atomic E-state index is 0. The first kappa shape index (κ1) is 23.7. The van der Waals surface area contributed by atoms with Gasteiger partial charge in [-0.1, -0.05) is 44.0 Å². The van der Waals surface area contributed by atoms with Gasteiger partial charge < -0.3 is 20.8 Å². The average Bonchev–Trinajstić information content (AvgIpc) is 2.98. The lowest BCUT2D eigenvalue weighted by molar-refractivity contribution is 0.306. The number of fused-ring (bicyclic) bond motifs is 3. The van der Waals surface area contributed by atoms with E-state index in [0.717, 1.165) is 47.7 Å². The third kappa shape index (κ3) is 4.94. The Hall–Kier alpha value is -2.56. The zero-order valence-corrected chi connectivity index (χ0v) is 18.8. The van der Waals surface area contributed by atoms with E-state index in [-0.39, 0.29) is 24.8 Å². The Morgan fingerprint density at radius 1 is 0.800 bits per heavy atom. The summed E-state index contributed by atoms with van der Waals surface area (Å²) in [6, 6.07) is 20.5. The number of aromatic nitrogens is 1. The highest BCUT2D eigenvalue weighted by molar-refractivity contribution is 6.09. The molecule has 0 saturated carbocycles. The molecule has 4 N–H and O–H groups in total. The zero-order valence-electron chi connectivity index (χ0n) is 17.1. The third-order valence-corrected chi connectivity index (χ3v) is 5.17. The highest BCUT2D eigenvalue weighted by Crippen LogP contribution is 2.32. The Labute approximate surface area is 190 Å². The molecule has 6 heteroatoms. The Bertz CT molecular complexity index is 1070. The van der Waals surface area contributed by atoms with Gasteiger partial charge in [0.15, 0.2) is 0 Å². The maximum Gasteiger partial charge on any atom is 0.119 e. The van der Waals surface area contributed by atoms with Crippen molar-refractivity contribution in [3.8, 4) is 5.75 Å². The molecule has 4 rings (SSSR count). The fourth-order valence-electron chi connectivity index (χ4n) is 3.76. The van der Waals surface area contributed by atoms with Crippen LogP contribution in [0.25, 0.3) is 21.8 Å². The van der Waals surface area contributed by atoms with E-state index in [9.17, 15) is 0 Å². The van der Waals surface area contributed by atoms with Gasteiger partial charge in [0.1, 0.15) is 5.75 Å². The van der Waals surface area contributed by atoms with Gasteiger partial charge in [-0.3, -0.25) is 0 Å². The number of nitrogens with zero attached hydrogens (tertiary/aromatic N) is 1. The van der Waals surface area contributed by atoms with Crippen LogP contribution in [0, 0.1) is 0 Å². The molecular weight excluding hydrogens is 417 g/mol.